The van der Waals surface area contributed by atoms with E-state index in [0.717, 1.165) is 54.3 Å². The number of aryl methyl sites for hydroxylation is 1. The second-order valence-corrected chi connectivity index (χ2v) is 5.92. The van der Waals surface area contributed by atoms with Crippen LogP contribution in [0, 0.1) is 12.7 Å². The zero-order valence-electron chi connectivity index (χ0n) is 13.9. The van der Waals surface area contributed by atoms with Gasteiger partial charge in [-0.15, -0.1) is 0 Å². The van der Waals surface area contributed by atoms with E-state index in [9.17, 15) is 4.39 Å². The number of benzene rings is 1. The lowest BCUT2D eigenvalue weighted by molar-refractivity contribution is 0.585. The predicted molar refractivity (Wildman–Crippen MR) is 99.8 cm³/mol. The van der Waals surface area contributed by atoms with Gasteiger partial charge in [-0.05, 0) is 47.9 Å². The summed E-state index contributed by atoms with van der Waals surface area (Å²) in [6.45, 7) is 9.63. The van der Waals surface area contributed by atoms with Crippen LogP contribution < -0.4 is 10.2 Å². The van der Waals surface area contributed by atoms with E-state index in [2.05, 4.69) is 33.9 Å². The van der Waals surface area contributed by atoms with Crippen LogP contribution in [0.15, 0.2) is 55.3 Å². The Labute approximate surface area is 144 Å². The molecule has 24 heavy (non-hydrogen) atoms. The number of rotatable bonds is 4. The standard InChI is InChI=1S/C20H22FN3.H2/c1-3-4-19(18-7-6-17(21)13-15(18)2)16-5-8-20(23-14-16)24-11-9-22-10-12-24;/h3-8,13-14,22H,1,9-12H2,2H3;1H/b19-4-;. The summed E-state index contributed by atoms with van der Waals surface area (Å²) in [6, 6.07) is 8.97. The van der Waals surface area contributed by atoms with Gasteiger partial charge in [-0.1, -0.05) is 24.8 Å². The van der Waals surface area contributed by atoms with Gasteiger partial charge in [0, 0.05) is 39.4 Å². The SMILES string of the molecule is C=C/C=C(/c1ccc(N2CCNCC2)nc1)c1ccc(F)cc1C.[HH]. The van der Waals surface area contributed by atoms with E-state index in [1.807, 2.05) is 25.3 Å². The second-order valence-electron chi connectivity index (χ2n) is 5.92. The van der Waals surface area contributed by atoms with Crippen molar-refractivity contribution in [3.8, 4) is 0 Å². The van der Waals surface area contributed by atoms with E-state index in [-0.39, 0.29) is 7.24 Å². The summed E-state index contributed by atoms with van der Waals surface area (Å²) in [5.74, 6) is 0.774. The number of allylic oxidation sites excluding steroid dienone is 2. The highest BCUT2D eigenvalue weighted by molar-refractivity contribution is 5.82. The minimum absolute atomic E-state index is 0. The molecule has 1 aliphatic rings. The molecular formula is C20H24FN3. The minimum atomic E-state index is -0.221. The Hall–Kier alpha value is -2.46. The molecule has 0 aliphatic carbocycles. The molecule has 3 nitrogen and oxygen atoms in total. The fourth-order valence-corrected chi connectivity index (χ4v) is 3.02. The average molecular weight is 325 g/mol. The van der Waals surface area contributed by atoms with Gasteiger partial charge < -0.3 is 10.2 Å². The van der Waals surface area contributed by atoms with Crippen LogP contribution in [-0.4, -0.2) is 31.2 Å². The lowest BCUT2D eigenvalue weighted by Gasteiger charge is -2.28. The molecule has 1 fully saturated rings. The summed E-state index contributed by atoms with van der Waals surface area (Å²) in [5.41, 5.74) is 3.90. The number of halogens is 1. The number of aromatic nitrogens is 1. The van der Waals surface area contributed by atoms with Crippen LogP contribution in [0.2, 0.25) is 0 Å². The largest absolute Gasteiger partial charge is 0.354 e. The van der Waals surface area contributed by atoms with E-state index >= 15 is 0 Å². The van der Waals surface area contributed by atoms with Crippen LogP contribution in [0.25, 0.3) is 5.57 Å². The molecule has 0 bridgehead atoms. The molecule has 0 saturated carbocycles. The highest BCUT2D eigenvalue weighted by Crippen LogP contribution is 2.27. The van der Waals surface area contributed by atoms with E-state index in [4.69, 9.17) is 0 Å². The van der Waals surface area contributed by atoms with Crippen molar-refractivity contribution < 1.29 is 5.82 Å². The minimum Gasteiger partial charge on any atom is -0.354 e. The van der Waals surface area contributed by atoms with Crippen molar-refractivity contribution in [2.24, 2.45) is 0 Å². The molecule has 1 saturated heterocycles. The first-order chi connectivity index (χ1) is 11.7. The third kappa shape index (κ3) is 3.54. The van der Waals surface area contributed by atoms with Gasteiger partial charge in [0.1, 0.15) is 11.6 Å². The molecule has 0 atom stereocenters. The summed E-state index contributed by atoms with van der Waals surface area (Å²) in [5, 5.41) is 3.34. The molecule has 1 aromatic heterocycles. The lowest BCUT2D eigenvalue weighted by atomic mass is 9.95. The number of hydrogen-bond donors (Lipinski definition) is 1. The fraction of sp³-hybridized carbons (Fsp3) is 0.250. The molecule has 4 heteroatoms. The molecule has 2 heterocycles. The zero-order valence-corrected chi connectivity index (χ0v) is 13.9. The average Bonchev–Trinajstić information content (AvgIpc) is 2.61. The van der Waals surface area contributed by atoms with Crippen molar-refractivity contribution in [2.75, 3.05) is 31.1 Å². The Morgan fingerprint density at radius 1 is 1.29 bits per heavy atom. The third-order valence-corrected chi connectivity index (χ3v) is 4.26. The number of hydrogen-bond acceptors (Lipinski definition) is 3. The van der Waals surface area contributed by atoms with Gasteiger partial charge in [0.05, 0.1) is 0 Å². The number of anilines is 1. The van der Waals surface area contributed by atoms with E-state index in [1.165, 1.54) is 6.07 Å². The Kier molecular flexibility index (Phi) is 5.06. The molecule has 1 aliphatic heterocycles. The summed E-state index contributed by atoms with van der Waals surface area (Å²) < 4.78 is 13.4. The van der Waals surface area contributed by atoms with Gasteiger partial charge in [-0.3, -0.25) is 0 Å². The van der Waals surface area contributed by atoms with Crippen LogP contribution in [0.3, 0.4) is 0 Å². The topological polar surface area (TPSA) is 28.2 Å². The van der Waals surface area contributed by atoms with Crippen LogP contribution in [0.4, 0.5) is 10.2 Å². The van der Waals surface area contributed by atoms with E-state index in [1.54, 1.807) is 12.1 Å². The maximum atomic E-state index is 13.4. The molecule has 0 amide bonds. The summed E-state index contributed by atoms with van der Waals surface area (Å²) >= 11 is 0. The van der Waals surface area contributed by atoms with Crippen LogP contribution in [0.1, 0.15) is 18.1 Å². The lowest BCUT2D eigenvalue weighted by Crippen LogP contribution is -2.43. The van der Waals surface area contributed by atoms with Gasteiger partial charge in [0.2, 0.25) is 0 Å². The Morgan fingerprint density at radius 3 is 2.71 bits per heavy atom. The number of piperazine rings is 1. The van der Waals surface area contributed by atoms with Crippen LogP contribution in [0.5, 0.6) is 0 Å². The third-order valence-electron chi connectivity index (χ3n) is 4.26. The highest BCUT2D eigenvalue weighted by Gasteiger charge is 2.13. The number of pyridine rings is 1. The molecule has 2 aromatic rings. The molecule has 1 aromatic carbocycles. The normalized spacial score (nSPS) is 15.4. The van der Waals surface area contributed by atoms with Crippen molar-refractivity contribution in [3.63, 3.8) is 0 Å². The molecule has 0 radical (unpaired) electrons. The summed E-state index contributed by atoms with van der Waals surface area (Å²) in [7, 11) is 0. The Balaban J connectivity index is 0.00000225. The van der Waals surface area contributed by atoms with Gasteiger partial charge in [-0.2, -0.15) is 0 Å². The zero-order chi connectivity index (χ0) is 16.9. The van der Waals surface area contributed by atoms with Crippen molar-refractivity contribution in [1.82, 2.24) is 10.3 Å². The first-order valence-electron chi connectivity index (χ1n) is 8.20. The van der Waals surface area contributed by atoms with Gasteiger partial charge in [-0.25, -0.2) is 9.37 Å². The molecule has 126 valence electrons. The first kappa shape index (κ1) is 16.4. The number of nitrogens with zero attached hydrogens (tertiary/aromatic N) is 2. The van der Waals surface area contributed by atoms with Crippen molar-refractivity contribution in [2.45, 2.75) is 6.92 Å². The summed E-state index contributed by atoms with van der Waals surface area (Å²) in [6.07, 6.45) is 5.58. The van der Waals surface area contributed by atoms with Gasteiger partial charge in [0.25, 0.3) is 0 Å². The van der Waals surface area contributed by atoms with Crippen LogP contribution >= 0.6 is 0 Å². The maximum Gasteiger partial charge on any atom is 0.128 e. The molecule has 1 N–H and O–H groups in total. The highest BCUT2D eigenvalue weighted by atomic mass is 19.1. The Morgan fingerprint density at radius 2 is 2.08 bits per heavy atom. The summed E-state index contributed by atoms with van der Waals surface area (Å²) in [4.78, 5) is 6.91. The smallest absolute Gasteiger partial charge is 0.128 e. The maximum absolute atomic E-state index is 13.4. The molecule has 0 spiro atoms. The second kappa shape index (κ2) is 7.41. The number of nitrogens with one attached hydrogen (secondary N) is 1. The quantitative estimate of drug-likeness (QED) is 0.867. The van der Waals surface area contributed by atoms with Crippen LogP contribution in [-0.2, 0) is 0 Å². The van der Waals surface area contributed by atoms with Crippen molar-refractivity contribution in [3.05, 3.63) is 77.8 Å². The van der Waals surface area contributed by atoms with E-state index < -0.39 is 0 Å². The van der Waals surface area contributed by atoms with Crippen molar-refractivity contribution >= 4 is 11.4 Å². The van der Waals surface area contributed by atoms with Gasteiger partial charge >= 0.3 is 0 Å². The van der Waals surface area contributed by atoms with Gasteiger partial charge in [0.15, 0.2) is 0 Å². The molecular weight excluding hydrogens is 301 g/mol. The van der Waals surface area contributed by atoms with Crippen molar-refractivity contribution in [1.29, 1.82) is 0 Å². The first-order valence-corrected chi connectivity index (χ1v) is 8.20. The fourth-order valence-electron chi connectivity index (χ4n) is 3.02. The van der Waals surface area contributed by atoms with E-state index in [0.29, 0.717) is 0 Å². The molecule has 3 rings (SSSR count). The monoisotopic (exact) mass is 325 g/mol. The predicted octanol–water partition coefficient (Wildman–Crippen LogP) is 3.80. The molecule has 0 unspecified atom stereocenters. The Bertz CT molecular complexity index is 750.